The molecule has 94 valence electrons. The molecule has 0 aliphatic heterocycles. The molecule has 3 atom stereocenters. The third-order valence-electron chi connectivity index (χ3n) is 3.99. The third-order valence-corrected chi connectivity index (χ3v) is 5.38. The zero-order chi connectivity index (χ0) is 12.3. The highest BCUT2D eigenvalue weighted by Crippen LogP contribution is 2.42. The van der Waals surface area contributed by atoms with Gasteiger partial charge >= 0.3 is 0 Å². The van der Waals surface area contributed by atoms with Crippen molar-refractivity contribution in [1.82, 2.24) is 0 Å². The summed E-state index contributed by atoms with van der Waals surface area (Å²) in [7, 11) is 0. The zero-order valence-corrected chi connectivity index (χ0v) is 12.0. The van der Waals surface area contributed by atoms with Crippen molar-refractivity contribution in [3.8, 4) is 0 Å². The van der Waals surface area contributed by atoms with Crippen molar-refractivity contribution in [2.75, 3.05) is 0 Å². The molecule has 0 bridgehead atoms. The maximum absolute atomic E-state index is 2.41. The van der Waals surface area contributed by atoms with Crippen molar-refractivity contribution >= 4 is 11.8 Å². The first-order valence-corrected chi connectivity index (χ1v) is 7.76. The maximum atomic E-state index is 2.41. The predicted molar refractivity (Wildman–Crippen MR) is 77.4 cm³/mol. The summed E-state index contributed by atoms with van der Waals surface area (Å²) in [4.78, 5) is 1.44. The predicted octanol–water partition coefficient (Wildman–Crippen LogP) is 5.24. The maximum Gasteiger partial charge on any atom is 0.0128 e. The summed E-state index contributed by atoms with van der Waals surface area (Å²) in [5.74, 6) is 2.63. The molecular weight excluding hydrogens is 224 g/mol. The van der Waals surface area contributed by atoms with Crippen LogP contribution in [0.5, 0.6) is 0 Å². The quantitative estimate of drug-likeness (QED) is 0.705. The molecule has 1 saturated carbocycles. The highest BCUT2D eigenvalue weighted by atomic mass is 32.2. The Hall–Kier alpha value is -0.430. The lowest BCUT2D eigenvalue weighted by molar-refractivity contribution is 0.244. The molecule has 3 unspecified atom stereocenters. The van der Waals surface area contributed by atoms with Crippen LogP contribution in [0.1, 0.15) is 40.0 Å². The Morgan fingerprint density at radius 1 is 1.12 bits per heavy atom. The Bertz CT molecular complexity index is 331. The van der Waals surface area contributed by atoms with Gasteiger partial charge in [0.15, 0.2) is 0 Å². The minimum absolute atomic E-state index is 0.821. The van der Waals surface area contributed by atoms with E-state index in [1.54, 1.807) is 0 Å². The molecule has 1 fully saturated rings. The van der Waals surface area contributed by atoms with Crippen LogP contribution in [0.3, 0.4) is 0 Å². The van der Waals surface area contributed by atoms with Crippen LogP contribution in [-0.4, -0.2) is 5.25 Å². The lowest BCUT2D eigenvalue weighted by Gasteiger charge is -2.37. The zero-order valence-electron chi connectivity index (χ0n) is 11.2. The number of rotatable bonds is 3. The van der Waals surface area contributed by atoms with Crippen LogP contribution < -0.4 is 0 Å². The van der Waals surface area contributed by atoms with Crippen LogP contribution in [-0.2, 0) is 0 Å². The van der Waals surface area contributed by atoms with E-state index >= 15 is 0 Å². The van der Waals surface area contributed by atoms with Gasteiger partial charge in [0.05, 0.1) is 0 Å². The molecule has 0 heterocycles. The van der Waals surface area contributed by atoms with E-state index in [4.69, 9.17) is 0 Å². The highest BCUT2D eigenvalue weighted by molar-refractivity contribution is 8.00. The highest BCUT2D eigenvalue weighted by Gasteiger charge is 2.31. The van der Waals surface area contributed by atoms with E-state index in [0.29, 0.717) is 0 Å². The summed E-state index contributed by atoms with van der Waals surface area (Å²) in [5.41, 5.74) is 0. The molecule has 1 aromatic rings. The fourth-order valence-corrected chi connectivity index (χ4v) is 4.64. The van der Waals surface area contributed by atoms with E-state index < -0.39 is 0 Å². The smallest absolute Gasteiger partial charge is 0.0128 e. The molecule has 0 N–H and O–H groups in total. The van der Waals surface area contributed by atoms with Gasteiger partial charge in [0.1, 0.15) is 0 Å². The molecule has 0 saturated heterocycles. The third kappa shape index (κ3) is 3.51. The number of thioether (sulfide) groups is 1. The summed E-state index contributed by atoms with van der Waals surface area (Å²) in [6, 6.07) is 10.9. The van der Waals surface area contributed by atoms with E-state index in [0.717, 1.165) is 23.0 Å². The van der Waals surface area contributed by atoms with Crippen LogP contribution in [0.15, 0.2) is 35.2 Å². The van der Waals surface area contributed by atoms with E-state index in [9.17, 15) is 0 Å². The first-order chi connectivity index (χ1) is 8.16. The summed E-state index contributed by atoms with van der Waals surface area (Å²) in [6.07, 6.45) is 4.24. The largest absolute Gasteiger partial charge is 0.122 e. The summed E-state index contributed by atoms with van der Waals surface area (Å²) < 4.78 is 0. The first-order valence-electron chi connectivity index (χ1n) is 6.88. The fraction of sp³-hybridized carbons (Fsp3) is 0.625. The molecule has 0 aromatic heterocycles. The van der Waals surface area contributed by atoms with Crippen LogP contribution in [0.25, 0.3) is 0 Å². The van der Waals surface area contributed by atoms with Crippen molar-refractivity contribution in [3.05, 3.63) is 30.3 Å². The van der Waals surface area contributed by atoms with E-state index in [-0.39, 0.29) is 0 Å². The van der Waals surface area contributed by atoms with Gasteiger partial charge in [-0.15, -0.1) is 11.8 Å². The molecule has 0 radical (unpaired) electrons. The number of hydrogen-bond donors (Lipinski definition) is 0. The van der Waals surface area contributed by atoms with Gasteiger partial charge < -0.3 is 0 Å². The summed E-state index contributed by atoms with van der Waals surface area (Å²) >= 11 is 2.10. The van der Waals surface area contributed by atoms with Gasteiger partial charge in [-0.3, -0.25) is 0 Å². The lowest BCUT2D eigenvalue weighted by Crippen LogP contribution is -2.29. The molecule has 1 heteroatoms. The molecular formula is C16H24S. The minimum Gasteiger partial charge on any atom is -0.122 e. The molecule has 0 spiro atoms. The van der Waals surface area contributed by atoms with E-state index in [2.05, 4.69) is 62.9 Å². The van der Waals surface area contributed by atoms with Gasteiger partial charge in [0, 0.05) is 10.1 Å². The lowest BCUT2D eigenvalue weighted by atomic mass is 9.77. The van der Waals surface area contributed by atoms with Crippen molar-refractivity contribution in [3.63, 3.8) is 0 Å². The molecule has 1 aliphatic carbocycles. The fourth-order valence-electron chi connectivity index (χ4n) is 2.92. The second-order valence-corrected chi connectivity index (χ2v) is 7.11. The molecule has 1 aliphatic rings. The molecule has 2 rings (SSSR count). The van der Waals surface area contributed by atoms with E-state index in [1.807, 2.05) is 0 Å². The van der Waals surface area contributed by atoms with Crippen molar-refractivity contribution in [1.29, 1.82) is 0 Å². The SMILES string of the molecule is CC1CCC(C(C)C)C(Sc2ccccc2)C1. The second kappa shape index (κ2) is 5.95. The van der Waals surface area contributed by atoms with Crippen molar-refractivity contribution in [2.45, 2.75) is 50.2 Å². The van der Waals surface area contributed by atoms with Crippen LogP contribution in [0.4, 0.5) is 0 Å². The van der Waals surface area contributed by atoms with Crippen molar-refractivity contribution in [2.24, 2.45) is 17.8 Å². The van der Waals surface area contributed by atoms with Crippen LogP contribution in [0, 0.1) is 17.8 Å². The Morgan fingerprint density at radius 2 is 1.82 bits per heavy atom. The van der Waals surface area contributed by atoms with Gasteiger partial charge in [-0.05, 0) is 42.7 Å². The van der Waals surface area contributed by atoms with Gasteiger partial charge in [0.25, 0.3) is 0 Å². The topological polar surface area (TPSA) is 0 Å². The second-order valence-electron chi connectivity index (χ2n) is 5.80. The Labute approximate surface area is 110 Å². The summed E-state index contributed by atoms with van der Waals surface area (Å²) in [6.45, 7) is 7.19. The molecule has 0 nitrogen and oxygen atoms in total. The standard InChI is InChI=1S/C16H24S/c1-12(2)15-10-9-13(3)11-16(15)17-14-7-5-4-6-8-14/h4-8,12-13,15-16H,9-11H2,1-3H3. The molecule has 17 heavy (non-hydrogen) atoms. The van der Waals surface area contributed by atoms with Crippen LogP contribution >= 0.6 is 11.8 Å². The average molecular weight is 248 g/mol. The average Bonchev–Trinajstić information content (AvgIpc) is 2.30. The molecule has 1 aromatic carbocycles. The van der Waals surface area contributed by atoms with Crippen LogP contribution in [0.2, 0.25) is 0 Å². The first kappa shape index (κ1) is 13.0. The summed E-state index contributed by atoms with van der Waals surface area (Å²) in [5, 5.41) is 0.821. The number of benzene rings is 1. The Morgan fingerprint density at radius 3 is 2.47 bits per heavy atom. The monoisotopic (exact) mass is 248 g/mol. The van der Waals surface area contributed by atoms with Gasteiger partial charge in [0.2, 0.25) is 0 Å². The van der Waals surface area contributed by atoms with Gasteiger partial charge in [-0.1, -0.05) is 45.4 Å². The number of hydrogen-bond acceptors (Lipinski definition) is 1. The Kier molecular flexibility index (Phi) is 4.55. The van der Waals surface area contributed by atoms with Gasteiger partial charge in [-0.25, -0.2) is 0 Å². The van der Waals surface area contributed by atoms with Crippen molar-refractivity contribution < 1.29 is 0 Å². The normalized spacial score (nSPS) is 29.5. The van der Waals surface area contributed by atoms with E-state index in [1.165, 1.54) is 24.2 Å². The molecule has 0 amide bonds. The Balaban J connectivity index is 2.05. The van der Waals surface area contributed by atoms with Gasteiger partial charge in [-0.2, -0.15) is 0 Å². The minimum atomic E-state index is 0.821.